The van der Waals surface area contributed by atoms with Gasteiger partial charge in [-0.05, 0) is 19.4 Å². The Bertz CT molecular complexity index is 487. The number of nitrogens with zero attached hydrogens (tertiary/aromatic N) is 1. The lowest BCUT2D eigenvalue weighted by Gasteiger charge is -2.43. The van der Waals surface area contributed by atoms with E-state index in [9.17, 15) is 9.59 Å². The van der Waals surface area contributed by atoms with Crippen LogP contribution < -0.4 is 5.32 Å². The topological polar surface area (TPSA) is 58.6 Å². The fraction of sp³-hybridized carbons (Fsp3) is 0.467. The van der Waals surface area contributed by atoms with E-state index in [1.54, 1.807) is 4.90 Å². The van der Waals surface area contributed by atoms with E-state index in [1.165, 1.54) is 7.11 Å². The molecule has 1 aromatic carbocycles. The molecule has 1 amide bonds. The van der Waals surface area contributed by atoms with Gasteiger partial charge in [0.05, 0.1) is 19.7 Å². The third-order valence-electron chi connectivity index (χ3n) is 3.53. The summed E-state index contributed by atoms with van der Waals surface area (Å²) in [5.74, 6) is -0.356. The average Bonchev–Trinajstić information content (AvgIpc) is 2.46. The Morgan fingerprint density at radius 3 is 2.55 bits per heavy atom. The van der Waals surface area contributed by atoms with Crippen LogP contribution in [0, 0.1) is 0 Å². The van der Waals surface area contributed by atoms with Crippen molar-refractivity contribution < 1.29 is 14.3 Å². The number of piperazine rings is 1. The van der Waals surface area contributed by atoms with E-state index in [1.807, 2.05) is 44.2 Å². The predicted octanol–water partition coefficient (Wildman–Crippen LogP) is 1.11. The molecule has 0 bridgehead atoms. The lowest BCUT2D eigenvalue weighted by atomic mass is 9.94. The number of esters is 1. The quantitative estimate of drug-likeness (QED) is 0.840. The normalized spacial score (nSPS) is 23.0. The number of ether oxygens (including phenoxy) is 1. The summed E-state index contributed by atoms with van der Waals surface area (Å²) in [5, 5.41) is 2.99. The highest BCUT2D eigenvalue weighted by Crippen LogP contribution is 2.29. The van der Waals surface area contributed by atoms with Gasteiger partial charge in [-0.3, -0.25) is 14.9 Å². The number of amides is 1. The van der Waals surface area contributed by atoms with Crippen molar-refractivity contribution >= 4 is 11.9 Å². The highest BCUT2D eigenvalue weighted by atomic mass is 16.5. The van der Waals surface area contributed by atoms with Gasteiger partial charge in [0.15, 0.2) is 0 Å². The van der Waals surface area contributed by atoms with Crippen LogP contribution in [-0.2, 0) is 14.3 Å². The van der Waals surface area contributed by atoms with E-state index < -0.39 is 6.04 Å². The molecule has 1 fully saturated rings. The van der Waals surface area contributed by atoms with Crippen LogP contribution in [0.15, 0.2) is 30.3 Å². The fourth-order valence-electron chi connectivity index (χ4n) is 2.67. The number of carbonyl (C=O) groups is 2. The molecular formula is C15H20N2O3. The van der Waals surface area contributed by atoms with Gasteiger partial charge in [0.25, 0.3) is 0 Å². The van der Waals surface area contributed by atoms with Gasteiger partial charge in [0.2, 0.25) is 5.91 Å². The number of methoxy groups -OCH3 is 1. The van der Waals surface area contributed by atoms with Crippen molar-refractivity contribution in [2.24, 2.45) is 0 Å². The molecule has 0 aromatic heterocycles. The molecule has 0 aliphatic carbocycles. The van der Waals surface area contributed by atoms with Crippen LogP contribution in [0.3, 0.4) is 0 Å². The van der Waals surface area contributed by atoms with E-state index in [0.29, 0.717) is 0 Å². The Balaban J connectivity index is 2.43. The number of benzene rings is 1. The van der Waals surface area contributed by atoms with Crippen LogP contribution >= 0.6 is 0 Å². The summed E-state index contributed by atoms with van der Waals surface area (Å²) in [6.45, 7) is 4.06. The van der Waals surface area contributed by atoms with Crippen molar-refractivity contribution in [2.45, 2.75) is 32.0 Å². The lowest BCUT2D eigenvalue weighted by molar-refractivity contribution is -0.151. The highest BCUT2D eigenvalue weighted by Gasteiger charge is 2.42. The summed E-state index contributed by atoms with van der Waals surface area (Å²) in [6.07, 6.45) is 0. The third kappa shape index (κ3) is 2.67. The second-order valence-electron chi connectivity index (χ2n) is 5.13. The van der Waals surface area contributed by atoms with E-state index in [0.717, 1.165) is 5.56 Å². The van der Waals surface area contributed by atoms with E-state index in [2.05, 4.69) is 5.32 Å². The van der Waals surface area contributed by atoms with Crippen molar-refractivity contribution in [3.05, 3.63) is 35.9 Å². The van der Waals surface area contributed by atoms with Crippen LogP contribution in [0.4, 0.5) is 0 Å². The summed E-state index contributed by atoms with van der Waals surface area (Å²) in [7, 11) is 1.36. The van der Waals surface area contributed by atoms with Crippen molar-refractivity contribution in [3.8, 4) is 0 Å². The third-order valence-corrected chi connectivity index (χ3v) is 3.53. The second-order valence-corrected chi connectivity index (χ2v) is 5.13. The van der Waals surface area contributed by atoms with Crippen molar-refractivity contribution in [3.63, 3.8) is 0 Å². The predicted molar refractivity (Wildman–Crippen MR) is 75.0 cm³/mol. The lowest BCUT2D eigenvalue weighted by Crippen LogP contribution is -2.60. The summed E-state index contributed by atoms with van der Waals surface area (Å²) in [6, 6.07) is 8.71. The Morgan fingerprint density at radius 2 is 2.00 bits per heavy atom. The Morgan fingerprint density at radius 1 is 1.35 bits per heavy atom. The van der Waals surface area contributed by atoms with Crippen LogP contribution in [0.5, 0.6) is 0 Å². The summed E-state index contributed by atoms with van der Waals surface area (Å²) in [5.41, 5.74) is 0.928. The van der Waals surface area contributed by atoms with E-state index >= 15 is 0 Å². The minimum atomic E-state index is -0.539. The molecule has 0 radical (unpaired) electrons. The van der Waals surface area contributed by atoms with Gasteiger partial charge in [-0.2, -0.15) is 0 Å². The first-order valence-electron chi connectivity index (χ1n) is 6.73. The molecule has 1 aromatic rings. The molecule has 0 spiro atoms. The molecule has 1 aliphatic rings. The molecule has 2 rings (SSSR count). The van der Waals surface area contributed by atoms with Crippen molar-refractivity contribution in [1.29, 1.82) is 0 Å². The summed E-state index contributed by atoms with van der Waals surface area (Å²) >= 11 is 0. The Kier molecular flexibility index (Phi) is 4.39. The first-order valence-corrected chi connectivity index (χ1v) is 6.73. The maximum Gasteiger partial charge on any atom is 0.325 e. The van der Waals surface area contributed by atoms with Gasteiger partial charge in [-0.25, -0.2) is 0 Å². The van der Waals surface area contributed by atoms with Crippen molar-refractivity contribution in [2.75, 3.05) is 13.7 Å². The first-order chi connectivity index (χ1) is 9.56. The van der Waals surface area contributed by atoms with Crippen LogP contribution in [0.25, 0.3) is 0 Å². The van der Waals surface area contributed by atoms with Gasteiger partial charge in [0.1, 0.15) is 6.04 Å². The van der Waals surface area contributed by atoms with Gasteiger partial charge in [-0.15, -0.1) is 0 Å². The number of nitrogens with one attached hydrogen (secondary N) is 1. The molecule has 5 nitrogen and oxygen atoms in total. The van der Waals surface area contributed by atoms with Gasteiger partial charge >= 0.3 is 5.97 Å². The zero-order valence-corrected chi connectivity index (χ0v) is 12.0. The number of rotatable bonds is 3. The number of hydrogen-bond donors (Lipinski definition) is 1. The molecule has 0 unspecified atom stereocenters. The molecule has 108 valence electrons. The zero-order chi connectivity index (χ0) is 14.7. The zero-order valence-electron chi connectivity index (χ0n) is 12.0. The fourth-order valence-corrected chi connectivity index (χ4v) is 2.67. The van der Waals surface area contributed by atoms with Gasteiger partial charge in [0, 0.05) is 6.04 Å². The van der Waals surface area contributed by atoms with Crippen LogP contribution in [0.2, 0.25) is 0 Å². The van der Waals surface area contributed by atoms with E-state index in [4.69, 9.17) is 4.74 Å². The average molecular weight is 276 g/mol. The van der Waals surface area contributed by atoms with Crippen molar-refractivity contribution in [1.82, 2.24) is 10.2 Å². The number of hydrogen-bond acceptors (Lipinski definition) is 4. The summed E-state index contributed by atoms with van der Waals surface area (Å²) < 4.78 is 4.87. The standard InChI is InChI=1S/C15H20N2O3/c1-10(2)17-12(18)9-16-13(15(19)20-3)14(17)11-7-5-4-6-8-11/h4-8,10,13-14,16H,9H2,1-3H3/t13-,14+/m1/s1. The van der Waals surface area contributed by atoms with Gasteiger partial charge < -0.3 is 9.64 Å². The first kappa shape index (κ1) is 14.5. The minimum absolute atomic E-state index is 0.00555. The molecular weight excluding hydrogens is 256 g/mol. The Hall–Kier alpha value is -1.88. The second kappa shape index (κ2) is 6.05. The molecule has 1 aliphatic heterocycles. The van der Waals surface area contributed by atoms with Gasteiger partial charge in [-0.1, -0.05) is 30.3 Å². The molecule has 1 N–H and O–H groups in total. The minimum Gasteiger partial charge on any atom is -0.468 e. The largest absolute Gasteiger partial charge is 0.468 e. The number of carbonyl (C=O) groups excluding carboxylic acids is 2. The molecule has 1 heterocycles. The molecule has 5 heteroatoms. The molecule has 0 saturated carbocycles. The molecule has 2 atom stereocenters. The monoisotopic (exact) mass is 276 g/mol. The van der Waals surface area contributed by atoms with Crippen LogP contribution in [0.1, 0.15) is 25.5 Å². The smallest absolute Gasteiger partial charge is 0.325 e. The SMILES string of the molecule is COC(=O)[C@@H]1NCC(=O)N(C(C)C)[C@H]1c1ccccc1. The summed E-state index contributed by atoms with van der Waals surface area (Å²) in [4.78, 5) is 25.9. The Labute approximate surface area is 118 Å². The van der Waals surface area contributed by atoms with E-state index in [-0.39, 0.29) is 30.5 Å². The highest BCUT2D eigenvalue weighted by molar-refractivity contribution is 5.85. The molecule has 1 saturated heterocycles. The maximum atomic E-state index is 12.2. The maximum absolute atomic E-state index is 12.2. The van der Waals surface area contributed by atoms with Crippen LogP contribution in [-0.4, -0.2) is 42.5 Å². The molecule has 20 heavy (non-hydrogen) atoms.